The number of nitrogens with zero attached hydrogens (tertiary/aromatic N) is 3. The summed E-state index contributed by atoms with van der Waals surface area (Å²) in [5.74, 6) is 0.486. The molecule has 1 aromatic heterocycles. The number of hydrogen-bond donors (Lipinski definition) is 1. The maximum Gasteiger partial charge on any atom is 0.255 e. The predicted molar refractivity (Wildman–Crippen MR) is 120 cm³/mol. The molecule has 0 radical (unpaired) electrons. The molecule has 0 saturated carbocycles. The minimum Gasteiger partial charge on any atom is -0.495 e. The first-order chi connectivity index (χ1) is 14.6. The number of ether oxygens (including phenoxy) is 1. The summed E-state index contributed by atoms with van der Waals surface area (Å²) in [5, 5.41) is 3.01. The molecule has 4 rings (SSSR count). The number of methoxy groups -OCH3 is 1. The number of amides is 1. The van der Waals surface area contributed by atoms with Gasteiger partial charge in [-0.05, 0) is 60.6 Å². The van der Waals surface area contributed by atoms with Gasteiger partial charge in [0.15, 0.2) is 0 Å². The molecule has 6 nitrogen and oxygen atoms in total. The number of piperazine rings is 1. The van der Waals surface area contributed by atoms with E-state index in [0.29, 0.717) is 17.0 Å². The van der Waals surface area contributed by atoms with Gasteiger partial charge in [-0.3, -0.25) is 9.78 Å². The Morgan fingerprint density at radius 1 is 0.933 bits per heavy atom. The van der Waals surface area contributed by atoms with Crippen LogP contribution in [0.2, 0.25) is 0 Å². The monoisotopic (exact) mass is 402 g/mol. The molecule has 0 unspecified atom stereocenters. The number of hydrogen-bond acceptors (Lipinski definition) is 5. The van der Waals surface area contributed by atoms with Gasteiger partial charge in [0, 0.05) is 49.8 Å². The number of aromatic nitrogens is 1. The Morgan fingerprint density at radius 3 is 2.27 bits per heavy atom. The van der Waals surface area contributed by atoms with Crippen LogP contribution in [0.25, 0.3) is 11.1 Å². The predicted octanol–water partition coefficient (Wildman–Crippen LogP) is 3.76. The van der Waals surface area contributed by atoms with Gasteiger partial charge in [0.05, 0.1) is 12.8 Å². The molecule has 1 N–H and O–H groups in total. The van der Waals surface area contributed by atoms with Gasteiger partial charge in [-0.25, -0.2) is 0 Å². The quantitative estimate of drug-likeness (QED) is 0.704. The lowest BCUT2D eigenvalue weighted by Crippen LogP contribution is -2.44. The van der Waals surface area contributed by atoms with E-state index in [9.17, 15) is 4.79 Å². The fourth-order valence-corrected chi connectivity index (χ4v) is 3.61. The molecule has 154 valence electrons. The maximum atomic E-state index is 12.9. The molecule has 1 fully saturated rings. The number of pyridine rings is 1. The third kappa shape index (κ3) is 4.44. The average molecular weight is 402 g/mol. The zero-order valence-electron chi connectivity index (χ0n) is 17.3. The van der Waals surface area contributed by atoms with Crippen LogP contribution in [0.4, 0.5) is 11.4 Å². The van der Waals surface area contributed by atoms with E-state index in [1.54, 1.807) is 19.5 Å². The first-order valence-corrected chi connectivity index (χ1v) is 10.1. The topological polar surface area (TPSA) is 57.7 Å². The maximum absolute atomic E-state index is 12.9. The second kappa shape index (κ2) is 8.97. The molecule has 1 saturated heterocycles. The van der Waals surface area contributed by atoms with Crippen LogP contribution >= 0.6 is 0 Å². The molecular formula is C24H26N4O2. The number of carbonyl (C=O) groups excluding carboxylic acids is 1. The van der Waals surface area contributed by atoms with Gasteiger partial charge in [0.25, 0.3) is 5.91 Å². The van der Waals surface area contributed by atoms with Crippen molar-refractivity contribution in [3.63, 3.8) is 0 Å². The Balaban J connectivity index is 1.51. The van der Waals surface area contributed by atoms with E-state index >= 15 is 0 Å². The van der Waals surface area contributed by atoms with Gasteiger partial charge < -0.3 is 19.9 Å². The van der Waals surface area contributed by atoms with Crippen LogP contribution in [-0.2, 0) is 0 Å². The standard InChI is InChI=1S/C24H26N4O2/c1-27-13-15-28(16-14-27)21-7-8-23(30-2)22(17-21)26-24(29)20-5-3-18(4-6-20)19-9-11-25-12-10-19/h3-12,17H,13-16H2,1-2H3,(H,26,29). The summed E-state index contributed by atoms with van der Waals surface area (Å²) in [6.45, 7) is 3.98. The Kier molecular flexibility index (Phi) is 5.95. The van der Waals surface area contributed by atoms with Crippen LogP contribution in [0.15, 0.2) is 67.0 Å². The van der Waals surface area contributed by atoms with Crippen LogP contribution < -0.4 is 15.0 Å². The van der Waals surface area contributed by atoms with E-state index in [2.05, 4.69) is 27.1 Å². The number of likely N-dealkylation sites (N-methyl/N-ethyl adjacent to an activating group) is 1. The van der Waals surface area contributed by atoms with Crippen molar-refractivity contribution < 1.29 is 9.53 Å². The molecule has 0 atom stereocenters. The Labute approximate surface area is 177 Å². The summed E-state index contributed by atoms with van der Waals surface area (Å²) in [7, 11) is 3.75. The third-order valence-corrected chi connectivity index (χ3v) is 5.46. The largest absolute Gasteiger partial charge is 0.495 e. The minimum atomic E-state index is -0.162. The highest BCUT2D eigenvalue weighted by molar-refractivity contribution is 6.05. The van der Waals surface area contributed by atoms with E-state index < -0.39 is 0 Å². The van der Waals surface area contributed by atoms with Crippen molar-refractivity contribution in [3.05, 3.63) is 72.6 Å². The van der Waals surface area contributed by atoms with Gasteiger partial charge >= 0.3 is 0 Å². The van der Waals surface area contributed by atoms with Crippen LogP contribution in [0, 0.1) is 0 Å². The van der Waals surface area contributed by atoms with E-state index in [0.717, 1.165) is 43.0 Å². The number of anilines is 2. The second-order valence-electron chi connectivity index (χ2n) is 7.44. The Bertz CT molecular complexity index is 997. The molecule has 2 heterocycles. The molecule has 3 aromatic rings. The number of rotatable bonds is 5. The van der Waals surface area contributed by atoms with Gasteiger partial charge in [-0.1, -0.05) is 12.1 Å². The third-order valence-electron chi connectivity index (χ3n) is 5.46. The second-order valence-corrected chi connectivity index (χ2v) is 7.44. The van der Waals surface area contributed by atoms with E-state index in [4.69, 9.17) is 4.74 Å². The molecule has 1 aliphatic rings. The fourth-order valence-electron chi connectivity index (χ4n) is 3.61. The lowest BCUT2D eigenvalue weighted by molar-refractivity contribution is 0.102. The summed E-state index contributed by atoms with van der Waals surface area (Å²) >= 11 is 0. The Morgan fingerprint density at radius 2 is 1.60 bits per heavy atom. The van der Waals surface area contributed by atoms with Gasteiger partial charge in [-0.15, -0.1) is 0 Å². The summed E-state index contributed by atoms with van der Waals surface area (Å²) in [6.07, 6.45) is 3.52. The molecule has 6 heteroatoms. The first kappa shape index (κ1) is 19.9. The normalized spacial score (nSPS) is 14.4. The molecule has 30 heavy (non-hydrogen) atoms. The van der Waals surface area contributed by atoms with E-state index in [1.807, 2.05) is 54.6 Å². The van der Waals surface area contributed by atoms with Gasteiger partial charge in [0.1, 0.15) is 5.75 Å². The smallest absolute Gasteiger partial charge is 0.255 e. The van der Waals surface area contributed by atoms with Crippen LogP contribution in [0.5, 0.6) is 5.75 Å². The van der Waals surface area contributed by atoms with E-state index in [1.165, 1.54) is 0 Å². The average Bonchev–Trinajstić information content (AvgIpc) is 2.80. The molecule has 2 aromatic carbocycles. The van der Waals surface area contributed by atoms with E-state index in [-0.39, 0.29) is 5.91 Å². The zero-order valence-corrected chi connectivity index (χ0v) is 17.3. The molecule has 0 spiro atoms. The highest BCUT2D eigenvalue weighted by atomic mass is 16.5. The van der Waals surface area contributed by atoms with Crippen molar-refractivity contribution in [1.82, 2.24) is 9.88 Å². The Hall–Kier alpha value is -3.38. The molecule has 0 bridgehead atoms. The number of nitrogens with one attached hydrogen (secondary N) is 1. The minimum absolute atomic E-state index is 0.162. The molecule has 0 aliphatic carbocycles. The van der Waals surface area contributed by atoms with Crippen molar-refractivity contribution in [2.45, 2.75) is 0 Å². The van der Waals surface area contributed by atoms with Crippen molar-refractivity contribution in [3.8, 4) is 16.9 Å². The first-order valence-electron chi connectivity index (χ1n) is 10.1. The summed E-state index contributed by atoms with van der Waals surface area (Å²) in [5.41, 5.74) is 4.48. The van der Waals surface area contributed by atoms with Gasteiger partial charge in [-0.2, -0.15) is 0 Å². The highest BCUT2D eigenvalue weighted by Gasteiger charge is 2.17. The fraction of sp³-hybridized carbons (Fsp3) is 0.250. The van der Waals surface area contributed by atoms with Crippen LogP contribution in [-0.4, -0.2) is 56.1 Å². The van der Waals surface area contributed by atoms with Crippen LogP contribution in [0.3, 0.4) is 0 Å². The molecule has 1 aliphatic heterocycles. The number of carbonyl (C=O) groups is 1. The lowest BCUT2D eigenvalue weighted by atomic mass is 10.0. The van der Waals surface area contributed by atoms with Crippen LogP contribution in [0.1, 0.15) is 10.4 Å². The summed E-state index contributed by atoms with van der Waals surface area (Å²) in [6, 6.07) is 17.4. The van der Waals surface area contributed by atoms with Crippen molar-refractivity contribution in [1.29, 1.82) is 0 Å². The van der Waals surface area contributed by atoms with Crippen molar-refractivity contribution in [2.24, 2.45) is 0 Å². The zero-order chi connectivity index (χ0) is 20.9. The molecule has 1 amide bonds. The SMILES string of the molecule is COc1ccc(N2CCN(C)CC2)cc1NC(=O)c1ccc(-c2ccncc2)cc1. The lowest BCUT2D eigenvalue weighted by Gasteiger charge is -2.34. The summed E-state index contributed by atoms with van der Waals surface area (Å²) in [4.78, 5) is 21.6. The van der Waals surface area contributed by atoms with Crippen molar-refractivity contribution in [2.75, 3.05) is 50.6 Å². The molecular weight excluding hydrogens is 376 g/mol. The number of benzene rings is 2. The summed E-state index contributed by atoms with van der Waals surface area (Å²) < 4.78 is 5.47. The van der Waals surface area contributed by atoms with Crippen molar-refractivity contribution >= 4 is 17.3 Å². The van der Waals surface area contributed by atoms with Gasteiger partial charge in [0.2, 0.25) is 0 Å². The highest BCUT2D eigenvalue weighted by Crippen LogP contribution is 2.31.